The second-order valence-electron chi connectivity index (χ2n) is 9.84. The molecule has 1 saturated heterocycles. The van der Waals surface area contributed by atoms with Crippen LogP contribution in [0.4, 0.5) is 11.4 Å². The molecule has 3 aromatic heterocycles. The van der Waals surface area contributed by atoms with E-state index in [1.165, 1.54) is 17.7 Å². The minimum absolute atomic E-state index is 0.0803. The number of benzene rings is 2. The third kappa shape index (κ3) is 5.36. The van der Waals surface area contributed by atoms with Gasteiger partial charge in [-0.05, 0) is 98.4 Å². The van der Waals surface area contributed by atoms with Crippen LogP contribution in [0.15, 0.2) is 112 Å². The topological polar surface area (TPSA) is 89.4 Å². The number of thiocarbonyl (C=S) groups is 1. The van der Waals surface area contributed by atoms with Gasteiger partial charge in [0.1, 0.15) is 5.76 Å². The van der Waals surface area contributed by atoms with Gasteiger partial charge in [0, 0.05) is 45.2 Å². The molecule has 0 amide bonds. The van der Waals surface area contributed by atoms with Gasteiger partial charge in [-0.3, -0.25) is 15.1 Å². The fourth-order valence-electron chi connectivity index (χ4n) is 5.32. The Bertz CT molecular complexity index is 1680. The highest BCUT2D eigenvalue weighted by Gasteiger charge is 2.42. The SMILES string of the molecule is Cc1cc([C@@H]2[C@H](c3ccccn3)NC(=S)N2c2ccc(Sc3ccc([N+](=O)[O-])cc3)cc2)c(C)n1Cc1ccco1. The average molecular weight is 582 g/mol. The summed E-state index contributed by atoms with van der Waals surface area (Å²) in [5, 5.41) is 15.2. The zero-order valence-electron chi connectivity index (χ0n) is 22.4. The molecule has 6 rings (SSSR count). The van der Waals surface area contributed by atoms with E-state index in [1.807, 2.05) is 36.5 Å². The zero-order chi connectivity index (χ0) is 28.5. The number of hydrogen-bond donors (Lipinski definition) is 1. The summed E-state index contributed by atoms with van der Waals surface area (Å²) in [7, 11) is 0. The molecule has 1 aliphatic rings. The molecular formula is C31H27N5O3S2. The first-order valence-electron chi connectivity index (χ1n) is 13.1. The van der Waals surface area contributed by atoms with E-state index in [2.05, 4.69) is 63.9 Å². The van der Waals surface area contributed by atoms with Crippen LogP contribution in [-0.4, -0.2) is 19.6 Å². The van der Waals surface area contributed by atoms with Crippen molar-refractivity contribution in [3.8, 4) is 0 Å². The molecule has 0 bridgehead atoms. The zero-order valence-corrected chi connectivity index (χ0v) is 24.1. The number of nitro groups is 1. The lowest BCUT2D eigenvalue weighted by Gasteiger charge is -2.28. The van der Waals surface area contributed by atoms with Gasteiger partial charge in [0.25, 0.3) is 5.69 Å². The molecule has 1 fully saturated rings. The Labute approximate surface area is 247 Å². The van der Waals surface area contributed by atoms with Gasteiger partial charge in [0.15, 0.2) is 5.11 Å². The summed E-state index contributed by atoms with van der Waals surface area (Å²) in [6, 6.07) is 26.6. The van der Waals surface area contributed by atoms with Gasteiger partial charge in [-0.2, -0.15) is 0 Å². The van der Waals surface area contributed by atoms with Crippen molar-refractivity contribution in [2.24, 2.45) is 0 Å². The molecule has 41 heavy (non-hydrogen) atoms. The Kier molecular flexibility index (Phi) is 7.34. The molecule has 0 spiro atoms. The van der Waals surface area contributed by atoms with E-state index in [-0.39, 0.29) is 22.7 Å². The maximum Gasteiger partial charge on any atom is 0.269 e. The molecule has 10 heteroatoms. The Hall–Kier alpha value is -4.41. The Morgan fingerprint density at radius 2 is 1.76 bits per heavy atom. The summed E-state index contributed by atoms with van der Waals surface area (Å²) < 4.78 is 7.91. The normalized spacial score (nSPS) is 16.6. The number of rotatable bonds is 8. The largest absolute Gasteiger partial charge is 0.467 e. The van der Waals surface area contributed by atoms with E-state index in [1.54, 1.807) is 30.2 Å². The average Bonchev–Trinajstić information content (AvgIpc) is 3.69. The minimum atomic E-state index is -0.390. The first-order chi connectivity index (χ1) is 19.9. The lowest BCUT2D eigenvalue weighted by molar-refractivity contribution is -0.384. The van der Waals surface area contributed by atoms with E-state index in [9.17, 15) is 10.1 Å². The summed E-state index contributed by atoms with van der Waals surface area (Å²) >= 11 is 7.48. The smallest absolute Gasteiger partial charge is 0.269 e. The summed E-state index contributed by atoms with van der Waals surface area (Å²) in [6.07, 6.45) is 3.51. The number of nitro benzene ring substituents is 1. The van der Waals surface area contributed by atoms with E-state index < -0.39 is 0 Å². The molecule has 2 atom stereocenters. The number of furan rings is 1. The number of aryl methyl sites for hydroxylation is 1. The number of nitrogens with zero attached hydrogens (tertiary/aromatic N) is 4. The Morgan fingerprint density at radius 3 is 2.39 bits per heavy atom. The van der Waals surface area contributed by atoms with E-state index in [0.29, 0.717) is 11.7 Å². The van der Waals surface area contributed by atoms with E-state index >= 15 is 0 Å². The number of nitrogens with one attached hydrogen (secondary N) is 1. The second-order valence-corrected chi connectivity index (χ2v) is 11.4. The van der Waals surface area contributed by atoms with Crippen molar-refractivity contribution >= 4 is 40.5 Å². The Balaban J connectivity index is 1.34. The lowest BCUT2D eigenvalue weighted by atomic mass is 9.96. The molecule has 5 aromatic rings. The van der Waals surface area contributed by atoms with Crippen molar-refractivity contribution < 1.29 is 9.34 Å². The highest BCUT2D eigenvalue weighted by atomic mass is 32.2. The minimum Gasteiger partial charge on any atom is -0.467 e. The number of aromatic nitrogens is 2. The van der Waals surface area contributed by atoms with Gasteiger partial charge in [-0.15, -0.1) is 0 Å². The monoisotopic (exact) mass is 581 g/mol. The fraction of sp³-hybridized carbons (Fsp3) is 0.161. The molecule has 2 aromatic carbocycles. The van der Waals surface area contributed by atoms with Crippen LogP contribution < -0.4 is 10.2 Å². The third-order valence-corrected chi connectivity index (χ3v) is 8.65. The van der Waals surface area contributed by atoms with Crippen LogP contribution in [0.2, 0.25) is 0 Å². The highest BCUT2D eigenvalue weighted by molar-refractivity contribution is 7.99. The van der Waals surface area contributed by atoms with Gasteiger partial charge in [-0.25, -0.2) is 0 Å². The maximum atomic E-state index is 11.0. The molecular weight excluding hydrogens is 555 g/mol. The Morgan fingerprint density at radius 1 is 1.02 bits per heavy atom. The van der Waals surface area contributed by atoms with Crippen molar-refractivity contribution in [1.29, 1.82) is 0 Å². The number of anilines is 1. The van der Waals surface area contributed by atoms with Crippen molar-refractivity contribution in [2.45, 2.75) is 42.3 Å². The first-order valence-corrected chi connectivity index (χ1v) is 14.3. The number of hydrogen-bond acceptors (Lipinski definition) is 6. The van der Waals surface area contributed by atoms with Gasteiger partial charge < -0.3 is 19.2 Å². The van der Waals surface area contributed by atoms with Gasteiger partial charge in [-0.1, -0.05) is 17.8 Å². The van der Waals surface area contributed by atoms with Crippen LogP contribution in [0.5, 0.6) is 0 Å². The molecule has 206 valence electrons. The molecule has 0 unspecified atom stereocenters. The van der Waals surface area contributed by atoms with Crippen molar-refractivity contribution in [2.75, 3.05) is 4.90 Å². The quantitative estimate of drug-likeness (QED) is 0.115. The predicted molar refractivity (Wildman–Crippen MR) is 163 cm³/mol. The lowest BCUT2D eigenvalue weighted by Crippen LogP contribution is -2.29. The van der Waals surface area contributed by atoms with Crippen molar-refractivity contribution in [3.63, 3.8) is 0 Å². The highest BCUT2D eigenvalue weighted by Crippen LogP contribution is 2.44. The van der Waals surface area contributed by atoms with Crippen LogP contribution >= 0.6 is 24.0 Å². The molecule has 0 saturated carbocycles. The van der Waals surface area contributed by atoms with Gasteiger partial charge >= 0.3 is 0 Å². The number of pyridine rings is 1. The first kappa shape index (κ1) is 26.8. The fourth-order valence-corrected chi connectivity index (χ4v) is 6.49. The summed E-state index contributed by atoms with van der Waals surface area (Å²) in [6.45, 7) is 4.91. The molecule has 0 radical (unpaired) electrons. The summed E-state index contributed by atoms with van der Waals surface area (Å²) in [5.74, 6) is 0.901. The maximum absolute atomic E-state index is 11.0. The van der Waals surface area contributed by atoms with Crippen LogP contribution in [0.3, 0.4) is 0 Å². The molecule has 1 aliphatic heterocycles. The molecule has 8 nitrogen and oxygen atoms in total. The summed E-state index contributed by atoms with van der Waals surface area (Å²) in [5.41, 5.74) is 5.42. The third-order valence-electron chi connectivity index (χ3n) is 7.32. The molecule has 4 heterocycles. The van der Waals surface area contributed by atoms with Crippen LogP contribution in [0.25, 0.3) is 0 Å². The van der Waals surface area contributed by atoms with Crippen molar-refractivity contribution in [3.05, 3.63) is 136 Å². The standard InChI is InChI=1S/C31H27N5O3S2/c1-20-18-27(21(2)34(20)19-24-6-5-17-39-24)30-29(28-7-3-4-16-32-28)33-31(40)35(30)22-8-12-25(13-9-22)41-26-14-10-23(11-15-26)36(37)38/h3-18,29-30H,19H2,1-2H3,(H,33,40)/t29-,30+/m0/s1. The van der Waals surface area contributed by atoms with Crippen LogP contribution in [-0.2, 0) is 6.54 Å². The van der Waals surface area contributed by atoms with E-state index in [0.717, 1.165) is 38.3 Å². The summed E-state index contributed by atoms with van der Waals surface area (Å²) in [4.78, 5) is 19.4. The second kappa shape index (κ2) is 11.2. The van der Waals surface area contributed by atoms with Crippen molar-refractivity contribution in [1.82, 2.24) is 14.9 Å². The van der Waals surface area contributed by atoms with E-state index in [4.69, 9.17) is 16.6 Å². The van der Waals surface area contributed by atoms with Crippen LogP contribution in [0, 0.1) is 24.0 Å². The van der Waals surface area contributed by atoms with Gasteiger partial charge in [0.2, 0.25) is 0 Å². The van der Waals surface area contributed by atoms with Crippen LogP contribution in [0.1, 0.15) is 40.5 Å². The van der Waals surface area contributed by atoms with Gasteiger partial charge in [0.05, 0.1) is 35.5 Å². The molecule has 0 aliphatic carbocycles. The molecule has 1 N–H and O–H groups in total. The predicted octanol–water partition coefficient (Wildman–Crippen LogP) is 7.38. The number of non-ortho nitro benzene ring substituents is 1.